The highest BCUT2D eigenvalue weighted by molar-refractivity contribution is 7.98. The molecule has 0 saturated heterocycles. The van der Waals surface area contributed by atoms with Crippen LogP contribution in [0.5, 0.6) is 0 Å². The van der Waals surface area contributed by atoms with E-state index in [4.69, 9.17) is 23.2 Å². The van der Waals surface area contributed by atoms with E-state index in [2.05, 4.69) is 33.8 Å². The Hall–Kier alpha value is -2.05. The van der Waals surface area contributed by atoms with Crippen LogP contribution in [0.2, 0.25) is 10.0 Å². The topological polar surface area (TPSA) is 34.9 Å². The lowest BCUT2D eigenvalue weighted by atomic mass is 10.1. The zero-order valence-corrected chi connectivity index (χ0v) is 19.7. The van der Waals surface area contributed by atoms with Crippen LogP contribution in [0.15, 0.2) is 101 Å². The molecule has 0 spiro atoms. The second kappa shape index (κ2) is 10.5. The molecule has 0 aliphatic heterocycles. The highest BCUT2D eigenvalue weighted by Crippen LogP contribution is 2.34. The van der Waals surface area contributed by atoms with E-state index in [1.165, 1.54) is 11.1 Å². The van der Waals surface area contributed by atoms with E-state index in [1.807, 2.05) is 48.6 Å². The van der Waals surface area contributed by atoms with Crippen molar-refractivity contribution in [2.75, 3.05) is 0 Å². The van der Waals surface area contributed by atoms with Crippen LogP contribution in [0.4, 0.5) is 0 Å². The minimum absolute atomic E-state index is 0.225. The molecule has 0 bridgehead atoms. The van der Waals surface area contributed by atoms with E-state index in [9.17, 15) is 4.21 Å². The van der Waals surface area contributed by atoms with E-state index < -0.39 is 10.8 Å². The Morgan fingerprint density at radius 1 is 0.871 bits per heavy atom. The van der Waals surface area contributed by atoms with Gasteiger partial charge in [-0.3, -0.25) is 0 Å². The molecule has 158 valence electrons. The number of thioether (sulfide) groups is 1. The molecule has 3 nitrogen and oxygen atoms in total. The van der Waals surface area contributed by atoms with Gasteiger partial charge in [-0.15, -0.1) is 11.8 Å². The first kappa shape index (κ1) is 22.2. The maximum atomic E-state index is 12.9. The van der Waals surface area contributed by atoms with Crippen molar-refractivity contribution in [3.05, 3.63) is 113 Å². The van der Waals surface area contributed by atoms with Crippen molar-refractivity contribution in [1.82, 2.24) is 9.55 Å². The van der Waals surface area contributed by atoms with E-state index in [0.29, 0.717) is 5.02 Å². The van der Waals surface area contributed by atoms with Gasteiger partial charge >= 0.3 is 0 Å². The van der Waals surface area contributed by atoms with Gasteiger partial charge in [0.15, 0.2) is 0 Å². The van der Waals surface area contributed by atoms with Crippen LogP contribution in [-0.4, -0.2) is 13.8 Å². The minimum atomic E-state index is -1.24. The van der Waals surface area contributed by atoms with Crippen LogP contribution in [0, 0.1) is 0 Å². The Balaban J connectivity index is 1.51. The summed E-state index contributed by atoms with van der Waals surface area (Å²) in [5, 5.41) is 1.60. The fourth-order valence-electron chi connectivity index (χ4n) is 3.12. The van der Waals surface area contributed by atoms with Gasteiger partial charge in [-0.25, -0.2) is 9.19 Å². The summed E-state index contributed by atoms with van der Waals surface area (Å²) >= 11 is 13.8. The predicted octanol–water partition coefficient (Wildman–Crippen LogP) is 7.03. The fraction of sp³-hybridized carbons (Fsp3) is 0.125. The van der Waals surface area contributed by atoms with Crippen LogP contribution in [0.25, 0.3) is 0 Å². The first-order valence-electron chi connectivity index (χ1n) is 9.67. The third-order valence-electron chi connectivity index (χ3n) is 4.79. The van der Waals surface area contributed by atoms with Crippen LogP contribution in [0.3, 0.4) is 0 Å². The van der Waals surface area contributed by atoms with Gasteiger partial charge in [0.25, 0.3) is 0 Å². The Morgan fingerprint density at radius 2 is 1.45 bits per heavy atom. The number of aromatic nitrogens is 2. The molecule has 0 N–H and O–H groups in total. The van der Waals surface area contributed by atoms with Crippen molar-refractivity contribution in [2.24, 2.45) is 0 Å². The fourth-order valence-corrected chi connectivity index (χ4v) is 5.62. The maximum absolute atomic E-state index is 12.9. The lowest BCUT2D eigenvalue weighted by molar-refractivity contribution is 0.680. The second-order valence-corrected chi connectivity index (χ2v) is 10.5. The molecule has 0 amide bonds. The number of hydrogen-bond donors (Lipinski definition) is 0. The SMILES string of the molecule is O=S(c1ccc(Cl)cc1)c1ccc(C(Cn2ccnc2)SCc2ccc(Cl)cc2)cc1. The Labute approximate surface area is 198 Å². The van der Waals surface area contributed by atoms with Gasteiger partial charge in [0.05, 0.1) is 17.1 Å². The van der Waals surface area contributed by atoms with Crippen LogP contribution >= 0.6 is 35.0 Å². The smallest absolute Gasteiger partial charge is 0.0946 e. The van der Waals surface area contributed by atoms with E-state index in [-0.39, 0.29) is 5.25 Å². The molecule has 2 atom stereocenters. The maximum Gasteiger partial charge on any atom is 0.0946 e. The minimum Gasteiger partial charge on any atom is -0.336 e. The molecule has 3 aromatic carbocycles. The zero-order chi connectivity index (χ0) is 21.6. The molecule has 1 aromatic heterocycles. The standard InChI is InChI=1S/C24H20Cl2N2OS2/c25-20-5-1-18(2-6-20)16-30-24(15-28-14-13-27-17-28)19-3-9-22(10-4-19)31(29)23-11-7-21(26)8-12-23/h1-14,17,24H,15-16H2. The zero-order valence-electron chi connectivity index (χ0n) is 16.5. The Morgan fingerprint density at radius 3 is 2.03 bits per heavy atom. The van der Waals surface area contributed by atoms with E-state index in [0.717, 1.165) is 27.1 Å². The molecule has 0 aliphatic rings. The first-order chi connectivity index (χ1) is 15.1. The number of hydrogen-bond acceptors (Lipinski definition) is 3. The average Bonchev–Trinajstić information content (AvgIpc) is 3.31. The first-order valence-corrected chi connectivity index (χ1v) is 12.6. The summed E-state index contributed by atoms with van der Waals surface area (Å²) in [7, 11) is -1.24. The lowest BCUT2D eigenvalue weighted by Gasteiger charge is -2.18. The number of imidazole rings is 1. The van der Waals surface area contributed by atoms with Crippen molar-refractivity contribution >= 4 is 45.8 Å². The van der Waals surface area contributed by atoms with Gasteiger partial charge in [0, 0.05) is 49.8 Å². The Kier molecular flexibility index (Phi) is 7.51. The number of benzene rings is 3. The van der Waals surface area contributed by atoms with Crippen molar-refractivity contribution in [1.29, 1.82) is 0 Å². The summed E-state index contributed by atoms with van der Waals surface area (Å²) in [6.07, 6.45) is 5.60. The van der Waals surface area contributed by atoms with Crippen molar-refractivity contribution in [2.45, 2.75) is 27.3 Å². The van der Waals surface area contributed by atoms with Crippen molar-refractivity contribution in [3.8, 4) is 0 Å². The molecular weight excluding hydrogens is 467 g/mol. The average molecular weight is 487 g/mol. The normalized spacial score (nSPS) is 13.1. The predicted molar refractivity (Wildman–Crippen MR) is 130 cm³/mol. The van der Waals surface area contributed by atoms with Gasteiger partial charge in [-0.2, -0.15) is 0 Å². The molecule has 1 heterocycles. The van der Waals surface area contributed by atoms with Crippen molar-refractivity contribution in [3.63, 3.8) is 0 Å². The summed E-state index contributed by atoms with van der Waals surface area (Å²) in [5.74, 6) is 0.870. The summed E-state index contributed by atoms with van der Waals surface area (Å²) in [5.41, 5.74) is 2.41. The lowest BCUT2D eigenvalue weighted by Crippen LogP contribution is -2.06. The van der Waals surface area contributed by atoms with E-state index in [1.54, 1.807) is 30.5 Å². The van der Waals surface area contributed by atoms with Crippen LogP contribution in [-0.2, 0) is 23.1 Å². The van der Waals surface area contributed by atoms with Gasteiger partial charge < -0.3 is 4.57 Å². The molecule has 4 rings (SSSR count). The second-order valence-electron chi connectivity index (χ2n) is 6.98. The number of rotatable bonds is 8. The van der Waals surface area contributed by atoms with Gasteiger partial charge in [0.1, 0.15) is 0 Å². The molecule has 0 radical (unpaired) electrons. The summed E-state index contributed by atoms with van der Waals surface area (Å²) in [6, 6.07) is 23.1. The molecule has 7 heteroatoms. The highest BCUT2D eigenvalue weighted by atomic mass is 35.5. The molecule has 31 heavy (non-hydrogen) atoms. The van der Waals surface area contributed by atoms with Crippen LogP contribution in [0.1, 0.15) is 16.4 Å². The quantitative estimate of drug-likeness (QED) is 0.268. The van der Waals surface area contributed by atoms with E-state index >= 15 is 0 Å². The van der Waals surface area contributed by atoms with Gasteiger partial charge in [-0.1, -0.05) is 47.5 Å². The Bertz CT molecular complexity index is 1130. The molecular formula is C24H20Cl2N2OS2. The largest absolute Gasteiger partial charge is 0.336 e. The summed E-state index contributed by atoms with van der Waals surface area (Å²) < 4.78 is 15.0. The third-order valence-corrected chi connectivity index (χ3v) is 8.02. The van der Waals surface area contributed by atoms with Crippen molar-refractivity contribution < 1.29 is 4.21 Å². The molecule has 0 saturated carbocycles. The number of nitrogens with zero attached hydrogens (tertiary/aromatic N) is 2. The van der Waals surface area contributed by atoms with Gasteiger partial charge in [0.2, 0.25) is 0 Å². The summed E-state index contributed by atoms with van der Waals surface area (Å²) in [6.45, 7) is 0.803. The molecule has 0 fully saturated rings. The highest BCUT2D eigenvalue weighted by Gasteiger charge is 2.15. The summed E-state index contributed by atoms with van der Waals surface area (Å²) in [4.78, 5) is 5.68. The molecule has 4 aromatic rings. The monoisotopic (exact) mass is 486 g/mol. The molecule has 2 unspecified atom stereocenters. The number of halogens is 2. The van der Waals surface area contributed by atoms with Crippen LogP contribution < -0.4 is 0 Å². The van der Waals surface area contributed by atoms with Gasteiger partial charge in [-0.05, 0) is 59.7 Å². The molecule has 0 aliphatic carbocycles. The third kappa shape index (κ3) is 6.01.